The Morgan fingerprint density at radius 1 is 0.500 bits per heavy atom. The van der Waals surface area contributed by atoms with Gasteiger partial charge in [-0.2, -0.15) is 12.8 Å². The minimum Gasteiger partial charge on any atom is -0.343 e. The molecule has 8 aromatic rings. The van der Waals surface area contributed by atoms with Crippen molar-refractivity contribution in [3.05, 3.63) is 158 Å². The molecule has 2 heteroatoms. The van der Waals surface area contributed by atoms with Crippen LogP contribution in [0.25, 0.3) is 65.3 Å². The molecule has 8 rings (SSSR count). The van der Waals surface area contributed by atoms with Crippen molar-refractivity contribution in [2.24, 2.45) is 0 Å². The predicted octanol–water partition coefficient (Wildman–Crippen LogP) is 13.7. The van der Waals surface area contributed by atoms with E-state index in [1.165, 1.54) is 99.7 Å². The first-order valence-corrected chi connectivity index (χ1v) is 21.7. The average Bonchev–Trinajstić information content (AvgIpc) is 3.69. The molecule has 0 aromatic heterocycles. The first kappa shape index (κ1) is 39.4. The molecular weight excluding hydrogens is 720 g/mol. The SMILES string of the molecule is Cc1[cH-]c2cccc([Si](C)(C)c3cccc4[cH-]c(C)c(-c5cccc6ccccc56)c34)c2c1-c1cccc2ccccc12.[CH2-]CCC.[CH2-]CCC.[Zr+4]. The van der Waals surface area contributed by atoms with E-state index in [0.717, 1.165) is 12.8 Å². The number of hydrogen-bond acceptors (Lipinski definition) is 0. The van der Waals surface area contributed by atoms with Crippen LogP contribution >= 0.6 is 0 Å². The van der Waals surface area contributed by atoms with Crippen molar-refractivity contribution in [3.8, 4) is 22.3 Å². The number of hydrogen-bond donors (Lipinski definition) is 0. The molecule has 0 N–H and O–H groups in total. The maximum atomic E-state index is 3.60. The standard InChI is InChI=1S/C42H34Si.2C4H9.Zr/c1-27-25-31-17-11-23-37(41(31)39(27)35-21-9-15-29-13-5-7-19-33(29)35)43(3,4)38-24-12-18-32-26-28(2)40(42(32)38)36-22-10-16-30-14-6-8-20-34(30)36;2*1-3-4-2;/h5-26H,1-4H3;2*1,3-4H2,2H3;/q-2;2*-1;+4. The van der Waals surface area contributed by atoms with Gasteiger partial charge in [-0.25, -0.2) is 0 Å². The van der Waals surface area contributed by atoms with Crippen molar-refractivity contribution < 1.29 is 26.2 Å². The number of benzene rings is 6. The van der Waals surface area contributed by atoms with Crippen LogP contribution in [0, 0.1) is 27.7 Å². The van der Waals surface area contributed by atoms with Crippen molar-refractivity contribution in [3.63, 3.8) is 0 Å². The van der Waals surface area contributed by atoms with Gasteiger partial charge < -0.3 is 13.8 Å². The van der Waals surface area contributed by atoms with E-state index in [4.69, 9.17) is 0 Å². The summed E-state index contributed by atoms with van der Waals surface area (Å²) in [5.41, 5.74) is 8.15. The van der Waals surface area contributed by atoms with Gasteiger partial charge >= 0.3 is 26.2 Å². The van der Waals surface area contributed by atoms with E-state index in [1.54, 1.807) is 0 Å². The third kappa shape index (κ3) is 7.48. The van der Waals surface area contributed by atoms with Gasteiger partial charge in [-0.1, -0.05) is 172 Å². The van der Waals surface area contributed by atoms with Gasteiger partial charge in [0.15, 0.2) is 0 Å². The summed E-state index contributed by atoms with van der Waals surface area (Å²) in [6.45, 7) is 21.1. The van der Waals surface area contributed by atoms with Crippen molar-refractivity contribution in [1.82, 2.24) is 0 Å². The van der Waals surface area contributed by atoms with Crippen LogP contribution in [0.3, 0.4) is 0 Å². The summed E-state index contributed by atoms with van der Waals surface area (Å²) in [6.07, 6.45) is 4.56. The van der Waals surface area contributed by atoms with Crippen LogP contribution in [-0.2, 0) is 26.2 Å². The number of unbranched alkanes of at least 4 members (excludes halogenated alkanes) is 2. The monoisotopic (exact) mass is 770 g/mol. The molecule has 0 heterocycles. The topological polar surface area (TPSA) is 0 Å². The van der Waals surface area contributed by atoms with Crippen LogP contribution in [0.4, 0.5) is 0 Å². The minimum absolute atomic E-state index is 0. The molecule has 0 amide bonds. The summed E-state index contributed by atoms with van der Waals surface area (Å²) in [7, 11) is -2.22. The molecule has 0 saturated heterocycles. The quantitative estimate of drug-likeness (QED) is 0.117. The molecule has 0 atom stereocenters. The Labute approximate surface area is 332 Å². The predicted molar refractivity (Wildman–Crippen MR) is 232 cm³/mol. The van der Waals surface area contributed by atoms with Gasteiger partial charge in [0.25, 0.3) is 0 Å². The second-order valence-electron chi connectivity index (χ2n) is 14.3. The third-order valence-corrected chi connectivity index (χ3v) is 13.9. The Morgan fingerprint density at radius 3 is 1.23 bits per heavy atom. The van der Waals surface area contributed by atoms with Gasteiger partial charge in [0, 0.05) is 0 Å². The fourth-order valence-electron chi connectivity index (χ4n) is 7.71. The molecule has 260 valence electrons. The molecule has 8 aromatic carbocycles. The Morgan fingerprint density at radius 2 is 0.846 bits per heavy atom. The molecule has 0 spiro atoms. The molecule has 52 heavy (non-hydrogen) atoms. The average molecular weight is 772 g/mol. The van der Waals surface area contributed by atoms with Crippen molar-refractivity contribution >= 4 is 61.5 Å². The molecule has 0 fully saturated rings. The van der Waals surface area contributed by atoms with Gasteiger partial charge in [-0.05, 0) is 21.5 Å². The Balaban J connectivity index is 0.000000530. The molecule has 0 saturated carbocycles. The molecule has 0 nitrogen and oxygen atoms in total. The van der Waals surface area contributed by atoms with Crippen LogP contribution in [0.2, 0.25) is 13.1 Å². The van der Waals surface area contributed by atoms with Gasteiger partial charge in [0.1, 0.15) is 0 Å². The molecular formula is C50H52SiZr. The zero-order chi connectivity index (χ0) is 36.1. The van der Waals surface area contributed by atoms with Crippen molar-refractivity contribution in [2.75, 3.05) is 0 Å². The van der Waals surface area contributed by atoms with Gasteiger partial charge in [-0.3, -0.25) is 0 Å². The van der Waals surface area contributed by atoms with E-state index in [1.807, 2.05) is 0 Å². The smallest absolute Gasteiger partial charge is 0.343 e. The van der Waals surface area contributed by atoms with Crippen LogP contribution in [0.5, 0.6) is 0 Å². The Kier molecular flexibility index (Phi) is 13.1. The second kappa shape index (κ2) is 17.3. The van der Waals surface area contributed by atoms with Crippen molar-refractivity contribution in [1.29, 1.82) is 0 Å². The van der Waals surface area contributed by atoms with Gasteiger partial charge in [0.05, 0.1) is 8.07 Å². The zero-order valence-corrected chi connectivity index (χ0v) is 35.4. The third-order valence-electron chi connectivity index (χ3n) is 10.4. The van der Waals surface area contributed by atoms with Crippen LogP contribution in [-0.4, -0.2) is 8.07 Å². The van der Waals surface area contributed by atoms with E-state index in [9.17, 15) is 0 Å². The van der Waals surface area contributed by atoms with E-state index >= 15 is 0 Å². The van der Waals surface area contributed by atoms with Gasteiger partial charge in [-0.15, -0.1) is 80.2 Å². The van der Waals surface area contributed by atoms with Crippen LogP contribution in [0.1, 0.15) is 50.7 Å². The van der Waals surface area contributed by atoms with Gasteiger partial charge in [0.2, 0.25) is 0 Å². The molecule has 0 aliphatic heterocycles. The summed E-state index contributed by atoms with van der Waals surface area (Å²) in [4.78, 5) is 0. The maximum Gasteiger partial charge on any atom is 4.00 e. The molecule has 0 bridgehead atoms. The first-order chi connectivity index (χ1) is 24.8. The van der Waals surface area contributed by atoms with E-state index in [0.29, 0.717) is 0 Å². The Hall–Kier alpha value is -3.84. The van der Waals surface area contributed by atoms with E-state index in [2.05, 4.69) is 188 Å². The fourth-order valence-corrected chi connectivity index (χ4v) is 10.8. The summed E-state index contributed by atoms with van der Waals surface area (Å²) in [5.74, 6) is 0. The molecule has 0 unspecified atom stereocenters. The van der Waals surface area contributed by atoms with E-state index in [-0.39, 0.29) is 26.2 Å². The van der Waals surface area contributed by atoms with Crippen LogP contribution < -0.4 is 10.4 Å². The number of aryl methyl sites for hydroxylation is 2. The Bertz CT molecular complexity index is 2230. The first-order valence-electron chi connectivity index (χ1n) is 18.7. The molecule has 0 aliphatic carbocycles. The molecule has 0 aliphatic rings. The zero-order valence-electron chi connectivity index (χ0n) is 31.9. The maximum absolute atomic E-state index is 3.60. The summed E-state index contributed by atoms with van der Waals surface area (Å²) >= 11 is 0. The largest absolute Gasteiger partial charge is 4.00 e. The molecule has 0 radical (unpaired) electrons. The number of rotatable bonds is 6. The summed E-state index contributed by atoms with van der Waals surface area (Å²) in [5, 5.41) is 13.8. The summed E-state index contributed by atoms with van der Waals surface area (Å²) in [6, 6.07) is 49.9. The fraction of sp³-hybridized carbons (Fsp3) is 0.200. The number of fused-ring (bicyclic) bond motifs is 4. The normalized spacial score (nSPS) is 11.2. The van der Waals surface area contributed by atoms with E-state index < -0.39 is 8.07 Å². The summed E-state index contributed by atoms with van der Waals surface area (Å²) < 4.78 is 0. The second-order valence-corrected chi connectivity index (χ2v) is 18.7. The van der Waals surface area contributed by atoms with Crippen molar-refractivity contribution in [2.45, 2.75) is 66.5 Å². The van der Waals surface area contributed by atoms with Crippen LogP contribution in [0.15, 0.2) is 133 Å². The minimum atomic E-state index is -2.22.